The smallest absolute Gasteiger partial charge is 0.416 e. The third-order valence-electron chi connectivity index (χ3n) is 4.04. The van der Waals surface area contributed by atoms with Crippen LogP contribution in [0.4, 0.5) is 13.2 Å². The Morgan fingerprint density at radius 2 is 1.67 bits per heavy atom. The molecule has 0 fully saturated rings. The van der Waals surface area contributed by atoms with Crippen LogP contribution in [0.2, 0.25) is 0 Å². The van der Waals surface area contributed by atoms with Crippen molar-refractivity contribution >= 4 is 11.9 Å². The third kappa shape index (κ3) is 5.18. The fraction of sp³-hybridized carbons (Fsp3) is 0.529. The van der Waals surface area contributed by atoms with E-state index in [1.807, 2.05) is 0 Å². The minimum absolute atomic E-state index is 0.123. The average Bonchev–Trinajstić information content (AvgIpc) is 2.58. The molecule has 0 aromatic heterocycles. The predicted octanol–water partition coefficient (Wildman–Crippen LogP) is 3.20. The Morgan fingerprint density at radius 3 is 2.07 bits per heavy atom. The number of nitrogens with zero attached hydrogens (tertiary/aromatic N) is 1. The summed E-state index contributed by atoms with van der Waals surface area (Å²) in [6.45, 7) is 2.81. The molecule has 150 valence electrons. The Labute approximate surface area is 153 Å². The molecule has 0 saturated carbocycles. The van der Waals surface area contributed by atoms with Crippen LogP contribution in [0.15, 0.2) is 24.3 Å². The zero-order valence-electron chi connectivity index (χ0n) is 15.0. The van der Waals surface area contributed by atoms with Gasteiger partial charge in [-0.2, -0.15) is 13.2 Å². The van der Waals surface area contributed by atoms with E-state index in [4.69, 9.17) is 9.47 Å². The van der Waals surface area contributed by atoms with Crippen LogP contribution >= 0.6 is 0 Å². The van der Waals surface area contributed by atoms with Gasteiger partial charge in [0.1, 0.15) is 0 Å². The molecule has 0 heterocycles. The first kappa shape index (κ1) is 22.4. The van der Waals surface area contributed by atoms with E-state index < -0.39 is 46.5 Å². The molecule has 0 saturated heterocycles. The van der Waals surface area contributed by atoms with Crippen molar-refractivity contribution < 1.29 is 37.2 Å². The lowest BCUT2D eigenvalue weighted by molar-refractivity contribution is -0.485. The highest BCUT2D eigenvalue weighted by Crippen LogP contribution is 2.40. The first-order valence-electron chi connectivity index (χ1n) is 8.11. The van der Waals surface area contributed by atoms with Crippen LogP contribution in [0.25, 0.3) is 0 Å². The minimum atomic E-state index is -4.70. The van der Waals surface area contributed by atoms with Crippen molar-refractivity contribution in [3.8, 4) is 0 Å². The SMILES string of the molecule is CCOC(=O)C(C)(C(=O)OCC)[C@@H](C[N+](=O)[O-])c1cccc(C(F)(F)F)c1. The molecule has 27 heavy (non-hydrogen) atoms. The van der Waals surface area contributed by atoms with Crippen molar-refractivity contribution in [1.82, 2.24) is 0 Å². The van der Waals surface area contributed by atoms with E-state index in [0.717, 1.165) is 19.1 Å². The number of nitro groups is 1. The lowest BCUT2D eigenvalue weighted by Gasteiger charge is -2.31. The summed E-state index contributed by atoms with van der Waals surface area (Å²) < 4.78 is 48.8. The zero-order valence-corrected chi connectivity index (χ0v) is 15.0. The van der Waals surface area contributed by atoms with E-state index in [9.17, 15) is 32.9 Å². The second kappa shape index (κ2) is 8.83. The summed E-state index contributed by atoms with van der Waals surface area (Å²) in [5.74, 6) is -3.73. The van der Waals surface area contributed by atoms with Crippen LogP contribution in [0, 0.1) is 15.5 Å². The Kier molecular flexibility index (Phi) is 7.32. The van der Waals surface area contributed by atoms with E-state index in [1.165, 1.54) is 19.9 Å². The number of ether oxygens (including phenoxy) is 2. The molecule has 0 aliphatic rings. The number of benzene rings is 1. The Morgan fingerprint density at radius 1 is 1.15 bits per heavy atom. The molecule has 1 rings (SSSR count). The number of halogens is 3. The first-order chi connectivity index (χ1) is 12.5. The van der Waals surface area contributed by atoms with Crippen LogP contribution in [0.3, 0.4) is 0 Å². The van der Waals surface area contributed by atoms with Gasteiger partial charge in [0.25, 0.3) is 0 Å². The van der Waals surface area contributed by atoms with Gasteiger partial charge >= 0.3 is 18.1 Å². The van der Waals surface area contributed by atoms with Crippen molar-refractivity contribution in [3.05, 3.63) is 45.5 Å². The Hall–Kier alpha value is -2.65. The fourth-order valence-electron chi connectivity index (χ4n) is 2.63. The van der Waals surface area contributed by atoms with Crippen molar-refractivity contribution in [2.45, 2.75) is 32.9 Å². The Balaban J connectivity index is 3.59. The molecule has 0 aliphatic carbocycles. The summed E-state index contributed by atoms with van der Waals surface area (Å²) in [5.41, 5.74) is -3.43. The summed E-state index contributed by atoms with van der Waals surface area (Å²) >= 11 is 0. The number of alkyl halides is 3. The lowest BCUT2D eigenvalue weighted by Crippen LogP contribution is -2.46. The Bertz CT molecular complexity index is 686. The summed E-state index contributed by atoms with van der Waals surface area (Å²) in [7, 11) is 0. The maximum absolute atomic E-state index is 13.0. The summed E-state index contributed by atoms with van der Waals surface area (Å²) in [5, 5.41) is 11.2. The monoisotopic (exact) mass is 391 g/mol. The van der Waals surface area contributed by atoms with E-state index in [1.54, 1.807) is 0 Å². The maximum atomic E-state index is 13.0. The average molecular weight is 391 g/mol. The lowest BCUT2D eigenvalue weighted by atomic mass is 9.72. The highest BCUT2D eigenvalue weighted by Gasteiger charge is 2.54. The highest BCUT2D eigenvalue weighted by atomic mass is 19.4. The molecule has 0 N–H and O–H groups in total. The van der Waals surface area contributed by atoms with Gasteiger partial charge in [-0.3, -0.25) is 19.7 Å². The van der Waals surface area contributed by atoms with Crippen LogP contribution in [-0.2, 0) is 25.2 Å². The molecule has 0 aliphatic heterocycles. The quantitative estimate of drug-likeness (QED) is 0.292. The van der Waals surface area contributed by atoms with E-state index in [0.29, 0.717) is 6.07 Å². The molecule has 0 unspecified atom stereocenters. The van der Waals surface area contributed by atoms with E-state index in [2.05, 4.69) is 0 Å². The van der Waals surface area contributed by atoms with Gasteiger partial charge in [0.05, 0.1) is 24.7 Å². The molecule has 1 aromatic rings. The number of esters is 2. The number of rotatable bonds is 8. The summed E-state index contributed by atoms with van der Waals surface area (Å²) in [4.78, 5) is 35.3. The number of carbonyl (C=O) groups is 2. The highest BCUT2D eigenvalue weighted by molar-refractivity contribution is 6.00. The summed E-state index contributed by atoms with van der Waals surface area (Å²) in [6, 6.07) is 3.73. The molecule has 0 spiro atoms. The van der Waals surface area contributed by atoms with Crippen molar-refractivity contribution in [2.24, 2.45) is 5.41 Å². The number of hydrogen-bond acceptors (Lipinski definition) is 6. The summed E-state index contributed by atoms with van der Waals surface area (Å²) in [6.07, 6.45) is -4.70. The second-order valence-electron chi connectivity index (χ2n) is 5.83. The molecule has 0 radical (unpaired) electrons. The topological polar surface area (TPSA) is 95.7 Å². The molecule has 0 bridgehead atoms. The maximum Gasteiger partial charge on any atom is 0.416 e. The largest absolute Gasteiger partial charge is 0.465 e. The predicted molar refractivity (Wildman–Crippen MR) is 87.4 cm³/mol. The van der Waals surface area contributed by atoms with Crippen LogP contribution < -0.4 is 0 Å². The van der Waals surface area contributed by atoms with Gasteiger partial charge in [0.2, 0.25) is 6.54 Å². The van der Waals surface area contributed by atoms with Crippen molar-refractivity contribution in [3.63, 3.8) is 0 Å². The van der Waals surface area contributed by atoms with Crippen molar-refractivity contribution in [1.29, 1.82) is 0 Å². The van der Waals surface area contributed by atoms with Gasteiger partial charge in [-0.25, -0.2) is 0 Å². The van der Waals surface area contributed by atoms with Gasteiger partial charge in [-0.1, -0.05) is 18.2 Å². The van der Waals surface area contributed by atoms with Crippen molar-refractivity contribution in [2.75, 3.05) is 19.8 Å². The molecule has 10 heteroatoms. The van der Waals surface area contributed by atoms with Crippen LogP contribution in [-0.4, -0.2) is 36.6 Å². The molecular formula is C17H20F3NO6. The van der Waals surface area contributed by atoms with Gasteiger partial charge < -0.3 is 9.47 Å². The third-order valence-corrected chi connectivity index (χ3v) is 4.04. The molecule has 1 aromatic carbocycles. The fourth-order valence-corrected chi connectivity index (χ4v) is 2.63. The van der Waals surface area contributed by atoms with Gasteiger partial charge in [-0.15, -0.1) is 0 Å². The molecule has 0 amide bonds. The second-order valence-corrected chi connectivity index (χ2v) is 5.83. The van der Waals surface area contributed by atoms with Gasteiger partial charge in [0, 0.05) is 4.92 Å². The van der Waals surface area contributed by atoms with Crippen LogP contribution in [0.1, 0.15) is 37.8 Å². The van der Waals surface area contributed by atoms with Gasteiger partial charge in [0.15, 0.2) is 5.41 Å². The van der Waals surface area contributed by atoms with Gasteiger partial charge in [-0.05, 0) is 32.4 Å². The molecular weight excluding hydrogens is 371 g/mol. The van der Waals surface area contributed by atoms with E-state index >= 15 is 0 Å². The molecule has 7 nitrogen and oxygen atoms in total. The van der Waals surface area contributed by atoms with Crippen LogP contribution in [0.5, 0.6) is 0 Å². The minimum Gasteiger partial charge on any atom is -0.465 e. The molecule has 1 atom stereocenters. The normalized spacial score (nSPS) is 13.0. The first-order valence-corrected chi connectivity index (χ1v) is 8.11. The standard InChI is InChI=1S/C17H20F3NO6/c1-4-26-14(22)16(3,15(23)27-5-2)13(10-21(24)25)11-7-6-8-12(9-11)17(18,19)20/h6-9,13H,4-5,10H2,1-3H3/t13-/m0/s1. The van der Waals surface area contributed by atoms with E-state index in [-0.39, 0.29) is 18.8 Å². The number of carbonyl (C=O) groups excluding carboxylic acids is 2. The zero-order chi connectivity index (χ0) is 20.8. The number of hydrogen-bond donors (Lipinski definition) is 0.